The summed E-state index contributed by atoms with van der Waals surface area (Å²) < 4.78 is 2.41. The highest BCUT2D eigenvalue weighted by atomic mass is 32.2. The predicted molar refractivity (Wildman–Crippen MR) is 81.3 cm³/mol. The smallest absolute Gasteiger partial charge is 0.151 e. The van der Waals surface area contributed by atoms with Gasteiger partial charge >= 0.3 is 0 Å². The molecule has 2 N–H and O–H groups in total. The van der Waals surface area contributed by atoms with Crippen molar-refractivity contribution in [2.24, 2.45) is 5.92 Å². The van der Waals surface area contributed by atoms with Crippen molar-refractivity contribution >= 4 is 39.0 Å². The summed E-state index contributed by atoms with van der Waals surface area (Å²) in [6.07, 6.45) is 5.44. The van der Waals surface area contributed by atoms with Crippen LogP contribution in [-0.2, 0) is 0 Å². The van der Waals surface area contributed by atoms with Crippen molar-refractivity contribution in [1.29, 1.82) is 0 Å². The summed E-state index contributed by atoms with van der Waals surface area (Å²) in [5.74, 6) is 0.876. The standard InChI is InChI=1S/C14H18N2S2/c1-9-3-2-4-11(7-9)17-14-16-12-6-5-10(15)8-13(12)18-14/h5-6,8-9,11H,2-4,7,15H2,1H3. The summed E-state index contributed by atoms with van der Waals surface area (Å²) in [6.45, 7) is 2.37. The molecular weight excluding hydrogens is 260 g/mol. The van der Waals surface area contributed by atoms with E-state index >= 15 is 0 Å². The zero-order valence-corrected chi connectivity index (χ0v) is 12.2. The fraction of sp³-hybridized carbons (Fsp3) is 0.500. The van der Waals surface area contributed by atoms with Crippen LogP contribution in [0.2, 0.25) is 0 Å². The summed E-state index contributed by atoms with van der Waals surface area (Å²) in [7, 11) is 0. The molecule has 0 saturated heterocycles. The molecule has 0 bridgehead atoms. The fourth-order valence-corrected chi connectivity index (χ4v) is 5.36. The van der Waals surface area contributed by atoms with Gasteiger partial charge < -0.3 is 5.73 Å². The highest BCUT2D eigenvalue weighted by molar-refractivity contribution is 8.01. The summed E-state index contributed by atoms with van der Waals surface area (Å²) >= 11 is 3.74. The average Bonchev–Trinajstić information content (AvgIpc) is 2.70. The molecule has 4 heteroatoms. The molecule has 2 nitrogen and oxygen atoms in total. The number of nitrogen functional groups attached to an aromatic ring is 1. The largest absolute Gasteiger partial charge is 0.399 e. The predicted octanol–water partition coefficient (Wildman–Crippen LogP) is 4.55. The van der Waals surface area contributed by atoms with Crippen molar-refractivity contribution in [3.05, 3.63) is 18.2 Å². The van der Waals surface area contributed by atoms with E-state index in [1.165, 1.54) is 34.7 Å². The molecule has 2 atom stereocenters. The zero-order chi connectivity index (χ0) is 12.5. The van der Waals surface area contributed by atoms with Gasteiger partial charge in [-0.2, -0.15) is 0 Å². The molecular formula is C14H18N2S2. The van der Waals surface area contributed by atoms with Crippen LogP contribution < -0.4 is 5.73 Å². The van der Waals surface area contributed by atoms with E-state index in [-0.39, 0.29) is 0 Å². The highest BCUT2D eigenvalue weighted by Crippen LogP contribution is 2.39. The molecule has 0 aliphatic heterocycles. The molecule has 2 unspecified atom stereocenters. The van der Waals surface area contributed by atoms with Crippen LogP contribution in [0.5, 0.6) is 0 Å². The molecule has 1 fully saturated rings. The number of thioether (sulfide) groups is 1. The lowest BCUT2D eigenvalue weighted by Crippen LogP contribution is -2.14. The third-order valence-corrected chi connectivity index (χ3v) is 5.95. The number of nitrogens with two attached hydrogens (primary N) is 1. The number of nitrogens with zero attached hydrogens (tertiary/aromatic N) is 1. The zero-order valence-electron chi connectivity index (χ0n) is 10.6. The van der Waals surface area contributed by atoms with Crippen molar-refractivity contribution in [2.75, 3.05) is 5.73 Å². The second kappa shape index (κ2) is 5.10. The monoisotopic (exact) mass is 278 g/mol. The van der Waals surface area contributed by atoms with Gasteiger partial charge in [-0.3, -0.25) is 0 Å². The minimum Gasteiger partial charge on any atom is -0.399 e. The third-order valence-electron chi connectivity index (χ3n) is 3.55. The Balaban J connectivity index is 1.78. The van der Waals surface area contributed by atoms with Crippen molar-refractivity contribution in [3.8, 4) is 0 Å². The molecule has 0 spiro atoms. The van der Waals surface area contributed by atoms with E-state index in [0.29, 0.717) is 0 Å². The first-order valence-electron chi connectivity index (χ1n) is 6.53. The first kappa shape index (κ1) is 12.3. The van der Waals surface area contributed by atoms with Crippen LogP contribution in [-0.4, -0.2) is 10.2 Å². The summed E-state index contributed by atoms with van der Waals surface area (Å²) in [5, 5.41) is 0.756. The number of hydrogen-bond donors (Lipinski definition) is 1. The maximum Gasteiger partial charge on any atom is 0.151 e. The van der Waals surface area contributed by atoms with Gasteiger partial charge in [0.2, 0.25) is 0 Å². The molecule has 3 rings (SSSR count). The second-order valence-electron chi connectivity index (χ2n) is 5.22. The number of hydrogen-bond acceptors (Lipinski definition) is 4. The van der Waals surface area contributed by atoms with Crippen LogP contribution in [0.3, 0.4) is 0 Å². The Morgan fingerprint density at radius 2 is 2.28 bits per heavy atom. The molecule has 18 heavy (non-hydrogen) atoms. The van der Waals surface area contributed by atoms with Crippen molar-refractivity contribution < 1.29 is 0 Å². The SMILES string of the molecule is CC1CCCC(Sc2nc3ccc(N)cc3s2)C1. The summed E-state index contributed by atoms with van der Waals surface area (Å²) in [6, 6.07) is 5.98. The normalized spacial score (nSPS) is 24.5. The molecule has 96 valence electrons. The number of anilines is 1. The molecule has 1 aliphatic rings. The van der Waals surface area contributed by atoms with Gasteiger partial charge in [-0.05, 0) is 37.0 Å². The Kier molecular flexibility index (Phi) is 3.48. The summed E-state index contributed by atoms with van der Waals surface area (Å²) in [5.41, 5.74) is 7.72. The van der Waals surface area contributed by atoms with Gasteiger partial charge in [-0.1, -0.05) is 31.5 Å². The average molecular weight is 278 g/mol. The van der Waals surface area contributed by atoms with E-state index in [9.17, 15) is 0 Å². The highest BCUT2D eigenvalue weighted by Gasteiger charge is 2.21. The number of aromatic nitrogens is 1. The van der Waals surface area contributed by atoms with Gasteiger partial charge in [-0.25, -0.2) is 4.98 Å². The number of benzene rings is 1. The van der Waals surface area contributed by atoms with E-state index in [1.54, 1.807) is 11.3 Å². The molecule has 1 heterocycles. The van der Waals surface area contributed by atoms with Crippen LogP contribution in [0.15, 0.2) is 22.5 Å². The lowest BCUT2D eigenvalue weighted by Gasteiger charge is -2.25. The van der Waals surface area contributed by atoms with Crippen molar-refractivity contribution in [1.82, 2.24) is 4.98 Å². The van der Waals surface area contributed by atoms with Gasteiger partial charge in [0.1, 0.15) is 0 Å². The Labute approximate surface area is 116 Å². The lowest BCUT2D eigenvalue weighted by molar-refractivity contribution is 0.394. The molecule has 1 aliphatic carbocycles. The van der Waals surface area contributed by atoms with E-state index in [1.807, 2.05) is 30.0 Å². The van der Waals surface area contributed by atoms with Gasteiger partial charge in [0, 0.05) is 10.9 Å². The first-order chi connectivity index (χ1) is 8.70. The lowest BCUT2D eigenvalue weighted by atomic mass is 9.91. The van der Waals surface area contributed by atoms with E-state index in [4.69, 9.17) is 10.7 Å². The topological polar surface area (TPSA) is 38.9 Å². The minimum absolute atomic E-state index is 0.756. The molecule has 2 aromatic rings. The van der Waals surface area contributed by atoms with Crippen LogP contribution >= 0.6 is 23.1 Å². The Hall–Kier alpha value is -0.740. The fourth-order valence-electron chi connectivity index (χ4n) is 2.60. The number of rotatable bonds is 2. The quantitative estimate of drug-likeness (QED) is 0.819. The number of thiazole rings is 1. The van der Waals surface area contributed by atoms with E-state index in [2.05, 4.69) is 6.92 Å². The van der Waals surface area contributed by atoms with Crippen molar-refractivity contribution in [3.63, 3.8) is 0 Å². The van der Waals surface area contributed by atoms with E-state index < -0.39 is 0 Å². The van der Waals surface area contributed by atoms with Crippen molar-refractivity contribution in [2.45, 2.75) is 42.2 Å². The molecule has 1 aromatic heterocycles. The number of fused-ring (bicyclic) bond motifs is 1. The molecule has 0 amide bonds. The van der Waals surface area contributed by atoms with Crippen LogP contribution in [0, 0.1) is 5.92 Å². The Bertz CT molecular complexity index is 550. The minimum atomic E-state index is 0.756. The second-order valence-corrected chi connectivity index (χ2v) is 7.80. The maximum absolute atomic E-state index is 5.81. The third kappa shape index (κ3) is 2.64. The van der Waals surface area contributed by atoms with Gasteiger partial charge in [-0.15, -0.1) is 11.3 Å². The van der Waals surface area contributed by atoms with Gasteiger partial charge in [0.05, 0.1) is 10.2 Å². The van der Waals surface area contributed by atoms with Crippen LogP contribution in [0.1, 0.15) is 32.6 Å². The van der Waals surface area contributed by atoms with E-state index in [0.717, 1.165) is 22.4 Å². The molecule has 1 aromatic carbocycles. The molecule has 1 saturated carbocycles. The van der Waals surface area contributed by atoms with Crippen LogP contribution in [0.25, 0.3) is 10.2 Å². The van der Waals surface area contributed by atoms with Gasteiger partial charge in [0.15, 0.2) is 4.34 Å². The Morgan fingerprint density at radius 3 is 3.11 bits per heavy atom. The van der Waals surface area contributed by atoms with Gasteiger partial charge in [0.25, 0.3) is 0 Å². The first-order valence-corrected chi connectivity index (χ1v) is 8.23. The summed E-state index contributed by atoms with van der Waals surface area (Å²) in [4.78, 5) is 4.70. The maximum atomic E-state index is 5.81. The van der Waals surface area contributed by atoms with Crippen LogP contribution in [0.4, 0.5) is 5.69 Å². The Morgan fingerprint density at radius 1 is 1.39 bits per heavy atom. The molecule has 0 radical (unpaired) electrons.